The molecule has 1 heterocycles. The van der Waals surface area contributed by atoms with Crippen molar-refractivity contribution in [1.82, 2.24) is 9.78 Å². The van der Waals surface area contributed by atoms with Crippen molar-refractivity contribution in [1.29, 1.82) is 0 Å². The van der Waals surface area contributed by atoms with E-state index < -0.39 is 46.7 Å². The number of nitrogens with two attached hydrogens (primary N) is 1. The molecule has 2 rings (SSSR count). The van der Waals surface area contributed by atoms with Gasteiger partial charge in [-0.05, 0) is 12.1 Å². The van der Waals surface area contributed by atoms with Crippen LogP contribution >= 0.6 is 23.2 Å². The Morgan fingerprint density at radius 2 is 1.75 bits per heavy atom. The highest BCUT2D eigenvalue weighted by Crippen LogP contribution is 2.38. The number of nitrogens with zero attached hydrogens (tertiary/aromatic N) is 3. The highest BCUT2D eigenvalue weighted by atomic mass is 35.5. The predicted molar refractivity (Wildman–Crippen MR) is 77.9 cm³/mol. The minimum atomic E-state index is -5.68. The fraction of sp³-hybridized carbons (Fsp3) is 0.100. The van der Waals surface area contributed by atoms with Gasteiger partial charge in [-0.3, -0.25) is 10.1 Å². The second-order valence-electron chi connectivity index (χ2n) is 4.27. The molecule has 0 fully saturated rings. The van der Waals surface area contributed by atoms with Crippen molar-refractivity contribution >= 4 is 44.5 Å². The van der Waals surface area contributed by atoms with Crippen molar-refractivity contribution in [2.24, 2.45) is 0 Å². The average molecular weight is 405 g/mol. The smallest absolute Gasteiger partial charge is 0.378 e. The van der Waals surface area contributed by atoms with E-state index in [-0.39, 0.29) is 5.69 Å². The largest absolute Gasteiger partial charge is 0.501 e. The summed E-state index contributed by atoms with van der Waals surface area (Å²) in [5, 5.41) is 13.2. The SMILES string of the molecule is Nc1c([N+](=O)[O-])cnn1-c1c(Cl)cc(S(=O)(=O)C(F)(F)F)cc1Cl. The summed E-state index contributed by atoms with van der Waals surface area (Å²) in [6.07, 6.45) is 0.780. The number of hydrogen-bond acceptors (Lipinski definition) is 6. The minimum absolute atomic E-state index is 0.301. The number of nitro groups is 1. The summed E-state index contributed by atoms with van der Waals surface area (Å²) in [6.45, 7) is 0. The van der Waals surface area contributed by atoms with Gasteiger partial charge in [0.1, 0.15) is 11.9 Å². The van der Waals surface area contributed by atoms with Crippen LogP contribution in [0, 0.1) is 10.1 Å². The Kier molecular flexibility index (Phi) is 4.41. The maximum absolute atomic E-state index is 12.6. The first kappa shape index (κ1) is 18.3. The van der Waals surface area contributed by atoms with Crippen molar-refractivity contribution in [2.75, 3.05) is 5.73 Å². The summed E-state index contributed by atoms with van der Waals surface area (Å²) < 4.78 is 61.2. The molecule has 2 N–H and O–H groups in total. The van der Waals surface area contributed by atoms with Crippen LogP contribution in [-0.2, 0) is 9.84 Å². The van der Waals surface area contributed by atoms with Gasteiger partial charge in [-0.25, -0.2) is 13.1 Å². The number of sulfone groups is 1. The number of anilines is 1. The minimum Gasteiger partial charge on any atom is -0.378 e. The standard InChI is InChI=1S/C10H5Cl2F3N4O4S/c11-5-1-4(24(22,23)10(13,14)15)2-6(12)8(5)18-9(16)7(3-17-18)19(20)21/h1-3H,16H2. The first-order valence-electron chi connectivity index (χ1n) is 5.66. The third-order valence-corrected chi connectivity index (χ3v) is 4.84. The Hall–Kier alpha value is -2.05. The van der Waals surface area contributed by atoms with Crippen LogP contribution in [0.3, 0.4) is 0 Å². The van der Waals surface area contributed by atoms with Gasteiger partial charge in [0.2, 0.25) is 5.82 Å². The van der Waals surface area contributed by atoms with Crippen molar-refractivity contribution < 1.29 is 26.5 Å². The van der Waals surface area contributed by atoms with Gasteiger partial charge in [0.25, 0.3) is 9.84 Å². The molecule has 0 aliphatic carbocycles. The molecule has 130 valence electrons. The number of aromatic nitrogens is 2. The molecule has 8 nitrogen and oxygen atoms in total. The molecule has 0 bridgehead atoms. The normalized spacial score (nSPS) is 12.4. The summed E-state index contributed by atoms with van der Waals surface area (Å²) in [5.41, 5.74) is -0.930. The topological polar surface area (TPSA) is 121 Å². The Balaban J connectivity index is 2.68. The summed E-state index contributed by atoms with van der Waals surface area (Å²) in [7, 11) is -5.68. The Bertz CT molecular complexity index is 919. The van der Waals surface area contributed by atoms with Crippen molar-refractivity contribution in [3.8, 4) is 5.69 Å². The maximum Gasteiger partial charge on any atom is 0.501 e. The van der Waals surface area contributed by atoms with Crippen LogP contribution in [-0.4, -0.2) is 28.6 Å². The molecule has 1 aromatic carbocycles. The van der Waals surface area contributed by atoms with Gasteiger partial charge >= 0.3 is 11.2 Å². The molecule has 1 aromatic heterocycles. The van der Waals surface area contributed by atoms with Gasteiger partial charge in [0.15, 0.2) is 0 Å². The predicted octanol–water partition coefficient (Wildman–Crippen LogP) is 2.96. The lowest BCUT2D eigenvalue weighted by molar-refractivity contribution is -0.383. The first-order chi connectivity index (χ1) is 10.9. The Morgan fingerprint density at radius 3 is 2.12 bits per heavy atom. The lowest BCUT2D eigenvalue weighted by Gasteiger charge is -2.12. The van der Waals surface area contributed by atoms with Crippen molar-refractivity contribution in [3.05, 3.63) is 38.5 Å². The molecular weight excluding hydrogens is 400 g/mol. The van der Waals surface area contributed by atoms with Crippen LogP contribution in [0.5, 0.6) is 0 Å². The highest BCUT2D eigenvalue weighted by Gasteiger charge is 2.47. The molecular formula is C10H5Cl2F3N4O4S. The molecule has 0 spiro atoms. The first-order valence-corrected chi connectivity index (χ1v) is 7.90. The molecule has 0 atom stereocenters. The van der Waals surface area contributed by atoms with Gasteiger partial charge in [-0.2, -0.15) is 18.3 Å². The zero-order chi connectivity index (χ0) is 18.4. The molecule has 2 aromatic rings. The monoisotopic (exact) mass is 404 g/mol. The van der Waals surface area contributed by atoms with Crippen molar-refractivity contribution in [2.45, 2.75) is 10.4 Å². The number of alkyl halides is 3. The van der Waals surface area contributed by atoms with Gasteiger partial charge < -0.3 is 5.73 Å². The van der Waals surface area contributed by atoms with E-state index in [0.29, 0.717) is 16.8 Å². The molecule has 14 heteroatoms. The van der Waals surface area contributed by atoms with E-state index in [0.717, 1.165) is 6.20 Å². The summed E-state index contributed by atoms with van der Waals surface area (Å²) in [5.74, 6) is -0.491. The Labute approximate surface area is 141 Å². The quantitative estimate of drug-likeness (QED) is 0.619. The zero-order valence-electron chi connectivity index (χ0n) is 11.1. The summed E-state index contributed by atoms with van der Waals surface area (Å²) in [6, 6.07) is 0.997. The zero-order valence-corrected chi connectivity index (χ0v) is 13.4. The maximum atomic E-state index is 12.6. The fourth-order valence-electron chi connectivity index (χ4n) is 1.70. The molecule has 0 unspecified atom stereocenters. The third kappa shape index (κ3) is 2.87. The van der Waals surface area contributed by atoms with Gasteiger partial charge in [-0.15, -0.1) is 0 Å². The van der Waals surface area contributed by atoms with Crippen LogP contribution in [0.2, 0.25) is 10.0 Å². The van der Waals surface area contributed by atoms with E-state index in [9.17, 15) is 31.7 Å². The van der Waals surface area contributed by atoms with Gasteiger partial charge in [-0.1, -0.05) is 23.2 Å². The molecule has 0 saturated heterocycles. The van der Waals surface area contributed by atoms with Gasteiger partial charge in [0, 0.05) is 0 Å². The van der Waals surface area contributed by atoms with Crippen molar-refractivity contribution in [3.63, 3.8) is 0 Å². The lowest BCUT2D eigenvalue weighted by Crippen LogP contribution is -2.23. The molecule has 0 amide bonds. The molecule has 0 saturated carbocycles. The molecule has 0 radical (unpaired) electrons. The van der Waals surface area contributed by atoms with Gasteiger partial charge in [0.05, 0.1) is 19.9 Å². The van der Waals surface area contributed by atoms with E-state index in [2.05, 4.69) is 5.10 Å². The van der Waals surface area contributed by atoms with E-state index in [1.807, 2.05) is 0 Å². The van der Waals surface area contributed by atoms with E-state index in [1.54, 1.807) is 0 Å². The number of hydrogen-bond donors (Lipinski definition) is 1. The van der Waals surface area contributed by atoms with Crippen LogP contribution in [0.1, 0.15) is 0 Å². The van der Waals surface area contributed by atoms with Crippen LogP contribution in [0.15, 0.2) is 23.2 Å². The number of halogens is 5. The second-order valence-corrected chi connectivity index (χ2v) is 7.02. The highest BCUT2D eigenvalue weighted by molar-refractivity contribution is 7.92. The number of rotatable bonds is 3. The number of nitrogen functional groups attached to an aromatic ring is 1. The van der Waals surface area contributed by atoms with Crippen LogP contribution < -0.4 is 5.73 Å². The number of benzene rings is 1. The lowest BCUT2D eigenvalue weighted by atomic mass is 10.3. The van der Waals surface area contributed by atoms with E-state index in [1.165, 1.54) is 0 Å². The molecule has 24 heavy (non-hydrogen) atoms. The molecule has 0 aliphatic heterocycles. The van der Waals surface area contributed by atoms with E-state index in [4.69, 9.17) is 28.9 Å². The van der Waals surface area contributed by atoms with E-state index >= 15 is 0 Å². The second kappa shape index (κ2) is 5.79. The average Bonchev–Trinajstić information content (AvgIpc) is 2.78. The van der Waals surface area contributed by atoms with Crippen LogP contribution in [0.25, 0.3) is 5.69 Å². The van der Waals surface area contributed by atoms with Crippen LogP contribution in [0.4, 0.5) is 24.7 Å². The Morgan fingerprint density at radius 1 is 1.25 bits per heavy atom. The third-order valence-electron chi connectivity index (χ3n) is 2.80. The summed E-state index contributed by atoms with van der Waals surface area (Å²) in [4.78, 5) is 8.70. The summed E-state index contributed by atoms with van der Waals surface area (Å²) >= 11 is 11.6. The molecule has 0 aliphatic rings. The fourth-order valence-corrected chi connectivity index (χ4v) is 3.29.